The lowest BCUT2D eigenvalue weighted by Gasteiger charge is -2.28. The van der Waals surface area contributed by atoms with Crippen molar-refractivity contribution in [2.24, 2.45) is 0 Å². The van der Waals surface area contributed by atoms with Gasteiger partial charge in [-0.1, -0.05) is 62.9 Å². The molecule has 1 aromatic carbocycles. The molecule has 0 amide bonds. The molecule has 1 aliphatic heterocycles. The molecule has 1 saturated heterocycles. The molecule has 1 aliphatic rings. The highest BCUT2D eigenvalue weighted by Gasteiger charge is 2.37. The van der Waals surface area contributed by atoms with E-state index in [-0.39, 0.29) is 0 Å². The van der Waals surface area contributed by atoms with Gasteiger partial charge in [-0.2, -0.15) is 0 Å². The molecule has 2 heteroatoms. The maximum Gasteiger partial charge on any atom is 0.194 e. The molecule has 0 saturated carbocycles. The quantitative estimate of drug-likeness (QED) is 0.672. The molecular formula is C16H24O2. The standard InChI is InChI=1S/C16H24O2/c1-2-3-4-5-9-12-16(17-13-14-18-16)15-10-7-6-8-11-15/h6-8,10-11H,2-5,9,12-14H2,1H3. The molecular weight excluding hydrogens is 224 g/mol. The Bertz CT molecular complexity index is 328. The Balaban J connectivity index is 1.91. The second kappa shape index (κ2) is 6.91. The highest BCUT2D eigenvalue weighted by molar-refractivity contribution is 5.20. The molecule has 1 aromatic rings. The van der Waals surface area contributed by atoms with Crippen molar-refractivity contribution in [3.8, 4) is 0 Å². The maximum absolute atomic E-state index is 5.91. The highest BCUT2D eigenvalue weighted by atomic mass is 16.7. The van der Waals surface area contributed by atoms with Crippen LogP contribution in [0.5, 0.6) is 0 Å². The van der Waals surface area contributed by atoms with Crippen LogP contribution < -0.4 is 0 Å². The molecule has 0 bridgehead atoms. The summed E-state index contributed by atoms with van der Waals surface area (Å²) < 4.78 is 11.8. The van der Waals surface area contributed by atoms with Crippen LogP contribution in [-0.4, -0.2) is 13.2 Å². The van der Waals surface area contributed by atoms with Gasteiger partial charge < -0.3 is 9.47 Å². The Kier molecular flexibility index (Phi) is 5.21. The van der Waals surface area contributed by atoms with E-state index in [9.17, 15) is 0 Å². The van der Waals surface area contributed by atoms with Gasteiger partial charge in [0.25, 0.3) is 0 Å². The molecule has 0 atom stereocenters. The minimum atomic E-state index is -0.465. The number of hydrogen-bond acceptors (Lipinski definition) is 2. The summed E-state index contributed by atoms with van der Waals surface area (Å²) in [7, 11) is 0. The average molecular weight is 248 g/mol. The van der Waals surface area contributed by atoms with Gasteiger partial charge >= 0.3 is 0 Å². The predicted molar refractivity (Wildman–Crippen MR) is 73.4 cm³/mol. The zero-order chi connectivity index (χ0) is 12.7. The Morgan fingerprint density at radius 1 is 0.944 bits per heavy atom. The van der Waals surface area contributed by atoms with Crippen LogP contribution in [0.3, 0.4) is 0 Å². The zero-order valence-electron chi connectivity index (χ0n) is 11.4. The first-order chi connectivity index (χ1) is 8.87. The summed E-state index contributed by atoms with van der Waals surface area (Å²) in [6.45, 7) is 3.67. The van der Waals surface area contributed by atoms with E-state index in [4.69, 9.17) is 9.47 Å². The van der Waals surface area contributed by atoms with Crippen molar-refractivity contribution in [1.82, 2.24) is 0 Å². The van der Waals surface area contributed by atoms with E-state index in [1.165, 1.54) is 32.1 Å². The smallest absolute Gasteiger partial charge is 0.194 e. The fourth-order valence-electron chi connectivity index (χ4n) is 2.56. The second-order valence-electron chi connectivity index (χ2n) is 4.98. The largest absolute Gasteiger partial charge is 0.343 e. The highest BCUT2D eigenvalue weighted by Crippen LogP contribution is 2.36. The van der Waals surface area contributed by atoms with Crippen LogP contribution in [0.2, 0.25) is 0 Å². The van der Waals surface area contributed by atoms with Crippen LogP contribution in [0.4, 0.5) is 0 Å². The fourth-order valence-corrected chi connectivity index (χ4v) is 2.56. The van der Waals surface area contributed by atoms with Gasteiger partial charge in [-0.05, 0) is 6.42 Å². The molecule has 0 radical (unpaired) electrons. The third-order valence-corrected chi connectivity index (χ3v) is 3.58. The second-order valence-corrected chi connectivity index (χ2v) is 4.98. The summed E-state index contributed by atoms with van der Waals surface area (Å²) in [4.78, 5) is 0. The van der Waals surface area contributed by atoms with E-state index >= 15 is 0 Å². The number of rotatable bonds is 7. The van der Waals surface area contributed by atoms with Crippen LogP contribution in [0.25, 0.3) is 0 Å². The van der Waals surface area contributed by atoms with Gasteiger partial charge in [0.1, 0.15) is 0 Å². The van der Waals surface area contributed by atoms with E-state index in [2.05, 4.69) is 31.2 Å². The van der Waals surface area contributed by atoms with Gasteiger partial charge in [0.15, 0.2) is 5.79 Å². The SMILES string of the molecule is CCCCCCCC1(c2ccccc2)OCCO1. The van der Waals surface area contributed by atoms with Crippen molar-refractivity contribution in [2.45, 2.75) is 51.2 Å². The van der Waals surface area contributed by atoms with Crippen LogP contribution in [-0.2, 0) is 15.3 Å². The molecule has 0 aliphatic carbocycles. The van der Waals surface area contributed by atoms with Gasteiger partial charge in [-0.15, -0.1) is 0 Å². The molecule has 0 N–H and O–H groups in total. The number of unbranched alkanes of at least 4 members (excludes halogenated alkanes) is 4. The van der Waals surface area contributed by atoms with Crippen LogP contribution in [0.1, 0.15) is 51.0 Å². The molecule has 1 heterocycles. The lowest BCUT2D eigenvalue weighted by molar-refractivity contribution is -0.171. The number of hydrogen-bond donors (Lipinski definition) is 0. The Hall–Kier alpha value is -0.860. The van der Waals surface area contributed by atoms with E-state index < -0.39 is 5.79 Å². The molecule has 0 aromatic heterocycles. The Morgan fingerprint density at radius 2 is 1.61 bits per heavy atom. The van der Waals surface area contributed by atoms with Crippen molar-refractivity contribution >= 4 is 0 Å². The third-order valence-electron chi connectivity index (χ3n) is 3.58. The lowest BCUT2D eigenvalue weighted by Crippen LogP contribution is -2.27. The van der Waals surface area contributed by atoms with Crippen LogP contribution in [0, 0.1) is 0 Å². The van der Waals surface area contributed by atoms with Crippen molar-refractivity contribution in [2.75, 3.05) is 13.2 Å². The molecule has 1 fully saturated rings. The first kappa shape index (κ1) is 13.6. The zero-order valence-corrected chi connectivity index (χ0v) is 11.4. The van der Waals surface area contributed by atoms with E-state index in [1.807, 2.05) is 6.07 Å². The predicted octanol–water partition coefficient (Wildman–Crippen LogP) is 4.25. The molecule has 0 spiro atoms. The molecule has 18 heavy (non-hydrogen) atoms. The summed E-state index contributed by atoms with van der Waals surface area (Å²) in [5.74, 6) is -0.465. The molecule has 100 valence electrons. The minimum absolute atomic E-state index is 0.465. The van der Waals surface area contributed by atoms with Gasteiger partial charge in [0.05, 0.1) is 13.2 Å². The summed E-state index contributed by atoms with van der Waals surface area (Å²) in [5, 5.41) is 0. The summed E-state index contributed by atoms with van der Waals surface area (Å²) in [5.41, 5.74) is 1.16. The summed E-state index contributed by atoms with van der Waals surface area (Å²) in [6.07, 6.45) is 7.36. The topological polar surface area (TPSA) is 18.5 Å². The maximum atomic E-state index is 5.91. The van der Waals surface area contributed by atoms with Crippen molar-refractivity contribution in [3.63, 3.8) is 0 Å². The van der Waals surface area contributed by atoms with E-state index in [0.717, 1.165) is 12.0 Å². The molecule has 2 rings (SSSR count). The number of ether oxygens (including phenoxy) is 2. The first-order valence-electron chi connectivity index (χ1n) is 7.21. The van der Waals surface area contributed by atoms with Crippen LogP contribution in [0.15, 0.2) is 30.3 Å². The van der Waals surface area contributed by atoms with Gasteiger partial charge in [-0.3, -0.25) is 0 Å². The summed E-state index contributed by atoms with van der Waals surface area (Å²) in [6, 6.07) is 10.4. The Labute approximate surface area is 110 Å². The van der Waals surface area contributed by atoms with Crippen molar-refractivity contribution in [3.05, 3.63) is 35.9 Å². The van der Waals surface area contributed by atoms with Crippen molar-refractivity contribution < 1.29 is 9.47 Å². The van der Waals surface area contributed by atoms with Crippen LogP contribution >= 0.6 is 0 Å². The normalized spacial score (nSPS) is 18.1. The molecule has 2 nitrogen and oxygen atoms in total. The van der Waals surface area contributed by atoms with Gasteiger partial charge in [-0.25, -0.2) is 0 Å². The minimum Gasteiger partial charge on any atom is -0.343 e. The lowest BCUT2D eigenvalue weighted by atomic mass is 9.98. The fraction of sp³-hybridized carbons (Fsp3) is 0.625. The van der Waals surface area contributed by atoms with Gasteiger partial charge in [0.2, 0.25) is 0 Å². The van der Waals surface area contributed by atoms with Gasteiger partial charge in [0, 0.05) is 12.0 Å². The molecule has 0 unspecified atom stereocenters. The Morgan fingerprint density at radius 3 is 2.28 bits per heavy atom. The first-order valence-corrected chi connectivity index (χ1v) is 7.21. The summed E-state index contributed by atoms with van der Waals surface area (Å²) >= 11 is 0. The van der Waals surface area contributed by atoms with E-state index in [0.29, 0.717) is 13.2 Å². The average Bonchev–Trinajstić information content (AvgIpc) is 2.90. The number of benzene rings is 1. The van der Waals surface area contributed by atoms with Crippen molar-refractivity contribution in [1.29, 1.82) is 0 Å². The van der Waals surface area contributed by atoms with E-state index in [1.54, 1.807) is 0 Å². The third kappa shape index (κ3) is 3.33. The monoisotopic (exact) mass is 248 g/mol.